The third kappa shape index (κ3) is 3.80. The minimum Gasteiger partial charge on any atom is -0.392 e. The summed E-state index contributed by atoms with van der Waals surface area (Å²) in [5.74, 6) is 1.07. The molecule has 0 aliphatic heterocycles. The number of halogens is 1. The Bertz CT molecular complexity index is 359. The summed E-state index contributed by atoms with van der Waals surface area (Å²) < 4.78 is 0. The number of thioether (sulfide) groups is 1. The molecule has 0 aliphatic carbocycles. The van der Waals surface area contributed by atoms with E-state index in [-0.39, 0.29) is 6.61 Å². The molecule has 2 nitrogen and oxygen atoms in total. The number of hydrogen-bond donors (Lipinski definition) is 1. The molecule has 0 amide bonds. The van der Waals surface area contributed by atoms with Crippen LogP contribution in [-0.4, -0.2) is 30.2 Å². The minimum absolute atomic E-state index is 0.0482. The predicted octanol–water partition coefficient (Wildman–Crippen LogP) is 3.41. The summed E-state index contributed by atoms with van der Waals surface area (Å²) in [5.41, 5.74) is 1.96. The van der Waals surface area contributed by atoms with Crippen LogP contribution in [0.15, 0.2) is 18.2 Å². The van der Waals surface area contributed by atoms with Crippen LogP contribution in [-0.2, 0) is 6.61 Å². The van der Waals surface area contributed by atoms with Crippen molar-refractivity contribution >= 4 is 29.1 Å². The van der Waals surface area contributed by atoms with E-state index in [2.05, 4.69) is 25.1 Å². The molecular weight excluding hydrogens is 254 g/mol. The fourth-order valence-corrected chi connectivity index (χ4v) is 2.90. The maximum absolute atomic E-state index is 9.37. The van der Waals surface area contributed by atoms with Gasteiger partial charge in [-0.1, -0.05) is 24.6 Å². The zero-order valence-electron chi connectivity index (χ0n) is 10.6. The van der Waals surface area contributed by atoms with E-state index in [0.717, 1.165) is 23.4 Å². The molecule has 0 saturated heterocycles. The van der Waals surface area contributed by atoms with Crippen molar-refractivity contribution in [3.63, 3.8) is 0 Å². The van der Waals surface area contributed by atoms with Crippen LogP contribution in [0, 0.1) is 0 Å². The van der Waals surface area contributed by atoms with Gasteiger partial charge in [-0.05, 0) is 24.8 Å². The van der Waals surface area contributed by atoms with Crippen LogP contribution in [0.3, 0.4) is 0 Å². The van der Waals surface area contributed by atoms with E-state index < -0.39 is 0 Å². The monoisotopic (exact) mass is 273 g/mol. The Morgan fingerprint density at radius 3 is 2.71 bits per heavy atom. The maximum atomic E-state index is 9.37. The molecular formula is C13H20ClNOS. The van der Waals surface area contributed by atoms with Gasteiger partial charge < -0.3 is 10.0 Å². The van der Waals surface area contributed by atoms with E-state index in [4.69, 9.17) is 11.6 Å². The number of benzene rings is 1. The van der Waals surface area contributed by atoms with Crippen molar-refractivity contribution in [3.05, 3.63) is 28.8 Å². The quantitative estimate of drug-likeness (QED) is 0.859. The number of rotatable bonds is 6. The summed E-state index contributed by atoms with van der Waals surface area (Å²) in [6.07, 6.45) is 3.19. The fraction of sp³-hybridized carbons (Fsp3) is 0.538. The van der Waals surface area contributed by atoms with E-state index in [1.165, 1.54) is 0 Å². The second kappa shape index (κ2) is 7.14. The third-order valence-electron chi connectivity index (χ3n) is 2.98. The molecule has 1 N–H and O–H groups in total. The predicted molar refractivity (Wildman–Crippen MR) is 78.2 cm³/mol. The third-order valence-corrected chi connectivity index (χ3v) is 3.93. The van der Waals surface area contributed by atoms with Crippen molar-refractivity contribution in [3.8, 4) is 0 Å². The molecule has 0 radical (unpaired) electrons. The first-order valence-corrected chi connectivity index (χ1v) is 7.52. The van der Waals surface area contributed by atoms with E-state index >= 15 is 0 Å². The van der Waals surface area contributed by atoms with Crippen LogP contribution in [0.4, 0.5) is 5.69 Å². The first-order valence-electron chi connectivity index (χ1n) is 5.75. The van der Waals surface area contributed by atoms with Gasteiger partial charge in [-0.2, -0.15) is 11.8 Å². The second-order valence-electron chi connectivity index (χ2n) is 4.06. The number of anilines is 1. The average molecular weight is 274 g/mol. The Hall–Kier alpha value is -0.380. The van der Waals surface area contributed by atoms with Crippen molar-refractivity contribution < 1.29 is 5.11 Å². The summed E-state index contributed by atoms with van der Waals surface area (Å²) >= 11 is 7.87. The van der Waals surface area contributed by atoms with Gasteiger partial charge in [-0.3, -0.25) is 0 Å². The largest absolute Gasteiger partial charge is 0.392 e. The summed E-state index contributed by atoms with van der Waals surface area (Å²) in [6, 6.07) is 6.10. The van der Waals surface area contributed by atoms with Crippen LogP contribution in [0.25, 0.3) is 0 Å². The van der Waals surface area contributed by atoms with E-state index in [9.17, 15) is 5.11 Å². The molecule has 0 bridgehead atoms. The molecule has 4 heteroatoms. The van der Waals surface area contributed by atoms with Crippen LogP contribution in [0.5, 0.6) is 0 Å². The van der Waals surface area contributed by atoms with Gasteiger partial charge in [0.15, 0.2) is 0 Å². The van der Waals surface area contributed by atoms with Gasteiger partial charge >= 0.3 is 0 Å². The highest BCUT2D eigenvalue weighted by atomic mass is 35.5. The van der Waals surface area contributed by atoms with Crippen LogP contribution < -0.4 is 4.90 Å². The Balaban J connectivity index is 2.99. The maximum Gasteiger partial charge on any atom is 0.0702 e. The van der Waals surface area contributed by atoms with Crippen LogP contribution >= 0.6 is 23.4 Å². The summed E-state index contributed by atoms with van der Waals surface area (Å²) in [6.45, 7) is 2.23. The van der Waals surface area contributed by atoms with Crippen molar-refractivity contribution in [1.29, 1.82) is 0 Å². The first-order chi connectivity index (χ1) is 8.13. The number of aliphatic hydroxyl groups is 1. The lowest BCUT2D eigenvalue weighted by Crippen LogP contribution is -2.33. The van der Waals surface area contributed by atoms with Crippen molar-refractivity contribution in [2.45, 2.75) is 26.0 Å². The minimum atomic E-state index is 0.0482. The van der Waals surface area contributed by atoms with E-state index in [1.807, 2.05) is 30.0 Å². The lowest BCUT2D eigenvalue weighted by atomic mass is 10.1. The molecule has 17 heavy (non-hydrogen) atoms. The second-order valence-corrected chi connectivity index (χ2v) is 5.41. The molecule has 0 spiro atoms. The molecule has 0 aromatic heterocycles. The zero-order chi connectivity index (χ0) is 12.8. The standard InChI is InChI=1S/C13H20ClNOS/c1-4-12(9-17-3)15(2)13-7-11(14)6-5-10(13)8-16/h5-7,12,16H,4,8-9H2,1-3H3. The van der Waals surface area contributed by atoms with E-state index in [0.29, 0.717) is 11.1 Å². The molecule has 0 heterocycles. The average Bonchev–Trinajstić information content (AvgIpc) is 2.35. The highest BCUT2D eigenvalue weighted by molar-refractivity contribution is 7.98. The molecule has 0 aliphatic rings. The summed E-state index contributed by atoms with van der Waals surface area (Å²) in [7, 11) is 2.06. The highest BCUT2D eigenvalue weighted by Crippen LogP contribution is 2.27. The number of hydrogen-bond acceptors (Lipinski definition) is 3. The Morgan fingerprint density at radius 1 is 1.47 bits per heavy atom. The van der Waals surface area contributed by atoms with Gasteiger partial charge in [-0.25, -0.2) is 0 Å². The smallest absolute Gasteiger partial charge is 0.0702 e. The summed E-state index contributed by atoms with van der Waals surface area (Å²) in [4.78, 5) is 2.22. The molecule has 1 aromatic rings. The molecule has 1 unspecified atom stereocenters. The lowest BCUT2D eigenvalue weighted by Gasteiger charge is -2.30. The van der Waals surface area contributed by atoms with Gasteiger partial charge in [0, 0.05) is 35.1 Å². The highest BCUT2D eigenvalue weighted by Gasteiger charge is 2.15. The molecule has 1 aromatic carbocycles. The SMILES string of the molecule is CCC(CSC)N(C)c1cc(Cl)ccc1CO. The fourth-order valence-electron chi connectivity index (χ4n) is 1.89. The number of aliphatic hydroxyl groups excluding tert-OH is 1. The molecule has 1 rings (SSSR count). The van der Waals surface area contributed by atoms with Crippen molar-refractivity contribution in [1.82, 2.24) is 0 Å². The molecule has 96 valence electrons. The van der Waals surface area contributed by atoms with Crippen LogP contribution in [0.1, 0.15) is 18.9 Å². The Morgan fingerprint density at radius 2 is 2.18 bits per heavy atom. The normalized spacial score (nSPS) is 12.5. The number of nitrogens with zero attached hydrogens (tertiary/aromatic N) is 1. The van der Waals surface area contributed by atoms with E-state index in [1.54, 1.807) is 0 Å². The topological polar surface area (TPSA) is 23.5 Å². The molecule has 0 saturated carbocycles. The zero-order valence-corrected chi connectivity index (χ0v) is 12.2. The van der Waals surface area contributed by atoms with Gasteiger partial charge in [0.25, 0.3) is 0 Å². The van der Waals surface area contributed by atoms with Crippen molar-refractivity contribution in [2.75, 3.05) is 24.0 Å². The Labute approximate surface area is 113 Å². The van der Waals surface area contributed by atoms with Gasteiger partial charge in [-0.15, -0.1) is 0 Å². The lowest BCUT2D eigenvalue weighted by molar-refractivity contribution is 0.282. The summed E-state index contributed by atoms with van der Waals surface area (Å²) in [5, 5.41) is 10.1. The van der Waals surface area contributed by atoms with Crippen molar-refractivity contribution in [2.24, 2.45) is 0 Å². The molecule has 1 atom stereocenters. The van der Waals surface area contributed by atoms with Crippen LogP contribution in [0.2, 0.25) is 5.02 Å². The Kier molecular flexibility index (Phi) is 6.17. The van der Waals surface area contributed by atoms with Gasteiger partial charge in [0.05, 0.1) is 6.61 Å². The molecule has 0 fully saturated rings. The van der Waals surface area contributed by atoms with Gasteiger partial charge in [0.1, 0.15) is 0 Å². The first kappa shape index (κ1) is 14.7. The van der Waals surface area contributed by atoms with Gasteiger partial charge in [0.2, 0.25) is 0 Å².